The number of piperidine rings is 1. The number of rotatable bonds is 6. The third-order valence-corrected chi connectivity index (χ3v) is 4.04. The second kappa shape index (κ2) is 6.69. The number of nitrogens with one attached hydrogen (secondary N) is 1. The van der Waals surface area contributed by atoms with Crippen molar-refractivity contribution < 1.29 is 4.74 Å². The van der Waals surface area contributed by atoms with E-state index < -0.39 is 0 Å². The molecular weight excluding hydrogens is 214 g/mol. The van der Waals surface area contributed by atoms with E-state index in [4.69, 9.17) is 4.74 Å². The molecule has 2 fully saturated rings. The fraction of sp³-hybridized carbons (Fsp3) is 1.00. The first kappa shape index (κ1) is 13.3. The van der Waals surface area contributed by atoms with Gasteiger partial charge in [0.1, 0.15) is 6.23 Å². The van der Waals surface area contributed by atoms with E-state index in [1.165, 1.54) is 25.8 Å². The van der Waals surface area contributed by atoms with Crippen molar-refractivity contribution in [1.82, 2.24) is 15.3 Å². The lowest BCUT2D eigenvalue weighted by Crippen LogP contribution is -2.43. The van der Waals surface area contributed by atoms with E-state index in [0.717, 1.165) is 38.7 Å². The molecule has 0 spiro atoms. The number of hydrazine groups is 1. The maximum atomic E-state index is 5.93. The van der Waals surface area contributed by atoms with Crippen molar-refractivity contribution in [3.05, 3.63) is 0 Å². The van der Waals surface area contributed by atoms with Gasteiger partial charge in [0.2, 0.25) is 0 Å². The van der Waals surface area contributed by atoms with Crippen LogP contribution in [-0.4, -0.2) is 55.0 Å². The number of hydrogen-bond acceptors (Lipinski definition) is 4. The van der Waals surface area contributed by atoms with Gasteiger partial charge >= 0.3 is 0 Å². The van der Waals surface area contributed by atoms with Crippen LogP contribution in [0.4, 0.5) is 0 Å². The molecule has 4 nitrogen and oxygen atoms in total. The highest BCUT2D eigenvalue weighted by molar-refractivity contribution is 4.83. The molecule has 0 aromatic heterocycles. The smallest absolute Gasteiger partial charge is 0.122 e. The van der Waals surface area contributed by atoms with Crippen molar-refractivity contribution in [2.75, 3.05) is 32.8 Å². The Hall–Kier alpha value is -0.160. The van der Waals surface area contributed by atoms with Crippen molar-refractivity contribution in [3.8, 4) is 0 Å². The van der Waals surface area contributed by atoms with Crippen LogP contribution in [0.25, 0.3) is 0 Å². The maximum Gasteiger partial charge on any atom is 0.122 e. The number of hydrogen-bond donors (Lipinski definition) is 1. The average Bonchev–Trinajstić information content (AvgIpc) is 2.77. The fourth-order valence-electron chi connectivity index (χ4n) is 2.87. The first-order valence-electron chi connectivity index (χ1n) is 7.20. The Morgan fingerprint density at radius 2 is 2.12 bits per heavy atom. The molecule has 0 radical (unpaired) electrons. The van der Waals surface area contributed by atoms with Gasteiger partial charge < -0.3 is 9.64 Å². The van der Waals surface area contributed by atoms with Crippen LogP contribution in [0.15, 0.2) is 0 Å². The Morgan fingerprint density at radius 3 is 2.82 bits per heavy atom. The SMILES string of the molecule is CCN(CC)CCOC1CC2CCCCN2N1. The largest absolute Gasteiger partial charge is 0.361 e. The Bertz CT molecular complexity index is 207. The standard InChI is InChI=1S/C13H27N3O/c1-3-15(4-2)9-10-17-13-11-12-7-5-6-8-16(12)14-13/h12-14H,3-11H2,1-2H3. The zero-order chi connectivity index (χ0) is 12.1. The van der Waals surface area contributed by atoms with E-state index in [2.05, 4.69) is 29.2 Å². The summed E-state index contributed by atoms with van der Waals surface area (Å²) in [5, 5.41) is 2.39. The average molecular weight is 241 g/mol. The molecule has 0 aromatic carbocycles. The van der Waals surface area contributed by atoms with Crippen LogP contribution in [0.3, 0.4) is 0 Å². The first-order valence-corrected chi connectivity index (χ1v) is 7.20. The molecule has 0 aromatic rings. The van der Waals surface area contributed by atoms with Crippen LogP contribution >= 0.6 is 0 Å². The fourth-order valence-corrected chi connectivity index (χ4v) is 2.87. The molecule has 4 heteroatoms. The van der Waals surface area contributed by atoms with Crippen LogP contribution in [-0.2, 0) is 4.74 Å². The molecular formula is C13H27N3O. The lowest BCUT2D eigenvalue weighted by atomic mass is 10.0. The lowest BCUT2D eigenvalue weighted by molar-refractivity contribution is 0.00588. The molecule has 2 aliphatic rings. The second-order valence-electron chi connectivity index (χ2n) is 5.09. The second-order valence-corrected chi connectivity index (χ2v) is 5.09. The molecule has 2 rings (SSSR count). The summed E-state index contributed by atoms with van der Waals surface area (Å²) >= 11 is 0. The zero-order valence-corrected chi connectivity index (χ0v) is 11.3. The molecule has 17 heavy (non-hydrogen) atoms. The monoisotopic (exact) mass is 241 g/mol. The molecule has 2 atom stereocenters. The summed E-state index contributed by atoms with van der Waals surface area (Å²) in [6, 6.07) is 0.724. The molecule has 0 amide bonds. The summed E-state index contributed by atoms with van der Waals surface area (Å²) in [6.07, 6.45) is 5.47. The summed E-state index contributed by atoms with van der Waals surface area (Å²) in [5.41, 5.74) is 3.50. The molecule has 2 heterocycles. The number of ether oxygens (including phenoxy) is 1. The summed E-state index contributed by atoms with van der Waals surface area (Å²) in [6.45, 7) is 9.74. The molecule has 2 unspecified atom stereocenters. The summed E-state index contributed by atoms with van der Waals surface area (Å²) in [7, 11) is 0. The predicted molar refractivity (Wildman–Crippen MR) is 69.6 cm³/mol. The molecule has 2 saturated heterocycles. The third kappa shape index (κ3) is 3.65. The van der Waals surface area contributed by atoms with E-state index >= 15 is 0 Å². The minimum atomic E-state index is 0.258. The highest BCUT2D eigenvalue weighted by atomic mass is 16.5. The summed E-state index contributed by atoms with van der Waals surface area (Å²) < 4.78 is 5.93. The van der Waals surface area contributed by atoms with Crippen molar-refractivity contribution in [1.29, 1.82) is 0 Å². The number of likely N-dealkylation sites (N-methyl/N-ethyl adjacent to an activating group) is 1. The summed E-state index contributed by atoms with van der Waals surface area (Å²) in [4.78, 5) is 2.41. The van der Waals surface area contributed by atoms with E-state index in [-0.39, 0.29) is 6.23 Å². The van der Waals surface area contributed by atoms with E-state index in [1.54, 1.807) is 0 Å². The minimum absolute atomic E-state index is 0.258. The third-order valence-electron chi connectivity index (χ3n) is 4.04. The van der Waals surface area contributed by atoms with Crippen molar-refractivity contribution in [3.63, 3.8) is 0 Å². The highest BCUT2D eigenvalue weighted by Crippen LogP contribution is 2.24. The maximum absolute atomic E-state index is 5.93. The molecule has 1 N–H and O–H groups in total. The van der Waals surface area contributed by atoms with Gasteiger partial charge in [-0.3, -0.25) is 0 Å². The molecule has 100 valence electrons. The Kier molecular flexibility index (Phi) is 5.22. The molecule has 2 aliphatic heterocycles. The predicted octanol–water partition coefficient (Wildman–Crippen LogP) is 1.43. The van der Waals surface area contributed by atoms with E-state index in [9.17, 15) is 0 Å². The van der Waals surface area contributed by atoms with Crippen LogP contribution < -0.4 is 5.43 Å². The molecule has 0 aliphatic carbocycles. The van der Waals surface area contributed by atoms with Gasteiger partial charge in [-0.15, -0.1) is 0 Å². The van der Waals surface area contributed by atoms with Gasteiger partial charge in [-0.1, -0.05) is 20.3 Å². The van der Waals surface area contributed by atoms with Gasteiger partial charge in [0.25, 0.3) is 0 Å². The van der Waals surface area contributed by atoms with Gasteiger partial charge in [0.15, 0.2) is 0 Å². The first-order chi connectivity index (χ1) is 8.33. The van der Waals surface area contributed by atoms with Crippen LogP contribution in [0.1, 0.15) is 39.5 Å². The van der Waals surface area contributed by atoms with E-state index in [0.29, 0.717) is 0 Å². The van der Waals surface area contributed by atoms with E-state index in [1.807, 2.05) is 0 Å². The van der Waals surface area contributed by atoms with Gasteiger partial charge in [-0.2, -0.15) is 0 Å². The number of fused-ring (bicyclic) bond motifs is 1. The van der Waals surface area contributed by atoms with Crippen molar-refractivity contribution in [2.45, 2.75) is 51.8 Å². The van der Waals surface area contributed by atoms with Gasteiger partial charge in [-0.05, 0) is 25.9 Å². The summed E-state index contributed by atoms with van der Waals surface area (Å²) in [5.74, 6) is 0. The van der Waals surface area contributed by atoms with Crippen molar-refractivity contribution in [2.24, 2.45) is 0 Å². The zero-order valence-electron chi connectivity index (χ0n) is 11.3. The Morgan fingerprint density at radius 1 is 1.29 bits per heavy atom. The minimum Gasteiger partial charge on any atom is -0.361 e. The van der Waals surface area contributed by atoms with Crippen LogP contribution in [0, 0.1) is 0 Å². The highest BCUT2D eigenvalue weighted by Gasteiger charge is 2.33. The topological polar surface area (TPSA) is 27.7 Å². The van der Waals surface area contributed by atoms with Crippen molar-refractivity contribution >= 4 is 0 Å². The quantitative estimate of drug-likeness (QED) is 0.761. The Labute approximate surface area is 105 Å². The molecule has 0 bridgehead atoms. The van der Waals surface area contributed by atoms with Gasteiger partial charge in [-0.25, -0.2) is 10.4 Å². The normalized spacial score (nSPS) is 29.8. The lowest BCUT2D eigenvalue weighted by Gasteiger charge is -2.28. The van der Waals surface area contributed by atoms with Crippen LogP contribution in [0.5, 0.6) is 0 Å². The Balaban J connectivity index is 1.64. The van der Waals surface area contributed by atoms with Gasteiger partial charge in [0.05, 0.1) is 6.61 Å². The molecule has 0 saturated carbocycles. The van der Waals surface area contributed by atoms with Crippen LogP contribution in [0.2, 0.25) is 0 Å². The van der Waals surface area contributed by atoms with Gasteiger partial charge in [0, 0.05) is 25.6 Å². The number of nitrogens with zero attached hydrogens (tertiary/aromatic N) is 2.